The zero-order chi connectivity index (χ0) is 22.7. The van der Waals surface area contributed by atoms with Gasteiger partial charge in [-0.1, -0.05) is 6.07 Å². The Morgan fingerprint density at radius 1 is 0.968 bits per heavy atom. The van der Waals surface area contributed by atoms with E-state index in [2.05, 4.69) is 0 Å². The number of nitrogens with zero attached hydrogens (tertiary/aromatic N) is 2. The molecule has 2 heterocycles. The van der Waals surface area contributed by atoms with Crippen LogP contribution in [0.3, 0.4) is 0 Å². The number of benzene rings is 2. The molecule has 0 aliphatic carbocycles. The quantitative estimate of drug-likeness (QED) is 0.553. The second-order valence-corrected chi connectivity index (χ2v) is 7.59. The molecule has 0 spiro atoms. The van der Waals surface area contributed by atoms with E-state index in [4.69, 9.17) is 5.11 Å². The van der Waals surface area contributed by atoms with Gasteiger partial charge in [0.15, 0.2) is 0 Å². The van der Waals surface area contributed by atoms with Crippen molar-refractivity contribution >= 4 is 22.6 Å². The van der Waals surface area contributed by atoms with Crippen LogP contribution < -0.4 is 4.90 Å². The number of aromatic nitrogens is 1. The number of anilines is 1. The number of alkyl halides is 6. The highest BCUT2D eigenvalue weighted by atomic mass is 19.4. The van der Waals surface area contributed by atoms with Crippen LogP contribution in [0.4, 0.5) is 32.0 Å². The highest BCUT2D eigenvalue weighted by Crippen LogP contribution is 2.41. The Kier molecular flexibility index (Phi) is 4.71. The van der Waals surface area contributed by atoms with Crippen LogP contribution in [0.1, 0.15) is 11.1 Å². The van der Waals surface area contributed by atoms with Crippen molar-refractivity contribution in [2.24, 2.45) is 13.0 Å². The first-order chi connectivity index (χ1) is 14.3. The fourth-order valence-electron chi connectivity index (χ4n) is 3.75. The maximum Gasteiger partial charge on any atom is 0.416 e. The first-order valence-corrected chi connectivity index (χ1v) is 9.21. The lowest BCUT2D eigenvalue weighted by atomic mass is 9.96. The molecule has 3 aromatic rings. The second kappa shape index (κ2) is 6.93. The molecule has 1 fully saturated rings. The molecule has 4 rings (SSSR count). The minimum Gasteiger partial charge on any atom is -0.481 e. The van der Waals surface area contributed by atoms with E-state index in [-0.39, 0.29) is 29.9 Å². The molecule has 164 valence electrons. The normalized spacial score (nSPS) is 15.4. The molecule has 1 saturated heterocycles. The molecule has 1 aromatic heterocycles. The lowest BCUT2D eigenvalue weighted by Crippen LogP contribution is -2.50. The van der Waals surface area contributed by atoms with Gasteiger partial charge in [0.05, 0.1) is 17.0 Å². The standard InChI is InChI=1S/C21H16F6N2O2/c1-28-10-17(16-3-2-13(7-18(16)28)20(22,23)24)11-4-14(21(25,26)27)6-15(5-11)29-8-12(9-29)19(30)31/h2-7,10,12H,8-9H2,1H3,(H,30,31). The highest BCUT2D eigenvalue weighted by molar-refractivity contribution is 5.97. The lowest BCUT2D eigenvalue weighted by Gasteiger charge is -2.39. The van der Waals surface area contributed by atoms with Crippen molar-refractivity contribution in [3.05, 3.63) is 53.7 Å². The van der Waals surface area contributed by atoms with Crippen LogP contribution >= 0.6 is 0 Å². The Bertz CT molecular complexity index is 1170. The predicted molar refractivity (Wildman–Crippen MR) is 102 cm³/mol. The van der Waals surface area contributed by atoms with Crippen molar-refractivity contribution in [2.45, 2.75) is 12.4 Å². The Hall–Kier alpha value is -3.17. The van der Waals surface area contributed by atoms with Crippen LogP contribution in [0, 0.1) is 5.92 Å². The molecule has 2 aromatic carbocycles. The summed E-state index contributed by atoms with van der Waals surface area (Å²) in [4.78, 5) is 12.6. The number of hydrogen-bond acceptors (Lipinski definition) is 2. The number of aryl methyl sites for hydroxylation is 1. The molecule has 0 radical (unpaired) electrons. The van der Waals surface area contributed by atoms with Gasteiger partial charge in [-0.3, -0.25) is 4.79 Å². The third-order valence-electron chi connectivity index (χ3n) is 5.47. The zero-order valence-corrected chi connectivity index (χ0v) is 16.1. The van der Waals surface area contributed by atoms with Crippen molar-refractivity contribution in [3.63, 3.8) is 0 Å². The summed E-state index contributed by atoms with van der Waals surface area (Å²) >= 11 is 0. The van der Waals surface area contributed by atoms with Gasteiger partial charge < -0.3 is 14.6 Å². The summed E-state index contributed by atoms with van der Waals surface area (Å²) in [7, 11) is 1.52. The van der Waals surface area contributed by atoms with Crippen LogP contribution in [0.5, 0.6) is 0 Å². The van der Waals surface area contributed by atoms with Crippen molar-refractivity contribution in [3.8, 4) is 11.1 Å². The fourth-order valence-corrected chi connectivity index (χ4v) is 3.75. The number of carbonyl (C=O) groups is 1. The third kappa shape index (κ3) is 3.82. The monoisotopic (exact) mass is 442 g/mol. The summed E-state index contributed by atoms with van der Waals surface area (Å²) in [5.41, 5.74) is -0.770. The van der Waals surface area contributed by atoms with Gasteiger partial charge in [-0.2, -0.15) is 26.3 Å². The van der Waals surface area contributed by atoms with Crippen molar-refractivity contribution < 1.29 is 36.2 Å². The number of carboxylic acids is 1. The van der Waals surface area contributed by atoms with Gasteiger partial charge in [-0.05, 0) is 35.9 Å². The number of fused-ring (bicyclic) bond motifs is 1. The van der Waals surface area contributed by atoms with Crippen LogP contribution in [0.25, 0.3) is 22.0 Å². The van der Waals surface area contributed by atoms with Gasteiger partial charge in [0.2, 0.25) is 0 Å². The molecular formula is C21H16F6N2O2. The SMILES string of the molecule is Cn1cc(-c2cc(N3CC(C(=O)O)C3)cc(C(F)(F)F)c2)c2ccc(C(F)(F)F)cc21. The van der Waals surface area contributed by atoms with Gasteiger partial charge >= 0.3 is 18.3 Å². The highest BCUT2D eigenvalue weighted by Gasteiger charge is 2.36. The van der Waals surface area contributed by atoms with Crippen molar-refractivity contribution in [1.29, 1.82) is 0 Å². The summed E-state index contributed by atoms with van der Waals surface area (Å²) in [5.74, 6) is -1.67. The third-order valence-corrected chi connectivity index (χ3v) is 5.47. The second-order valence-electron chi connectivity index (χ2n) is 7.59. The average molecular weight is 442 g/mol. The number of halogens is 6. The summed E-state index contributed by atoms with van der Waals surface area (Å²) in [6, 6.07) is 6.50. The number of hydrogen-bond donors (Lipinski definition) is 1. The number of rotatable bonds is 3. The van der Waals surface area contributed by atoms with Crippen molar-refractivity contribution in [1.82, 2.24) is 4.57 Å². The van der Waals surface area contributed by atoms with E-state index >= 15 is 0 Å². The van der Waals surface area contributed by atoms with Crippen LogP contribution in [0.2, 0.25) is 0 Å². The van der Waals surface area contributed by atoms with E-state index in [1.165, 1.54) is 34.8 Å². The molecule has 0 atom stereocenters. The molecule has 0 amide bonds. The summed E-state index contributed by atoms with van der Waals surface area (Å²) in [6.07, 6.45) is -7.70. The average Bonchev–Trinajstić information content (AvgIpc) is 2.95. The van der Waals surface area contributed by atoms with Gasteiger partial charge in [0.1, 0.15) is 0 Å². The van der Waals surface area contributed by atoms with Gasteiger partial charge in [-0.25, -0.2) is 0 Å². The zero-order valence-electron chi connectivity index (χ0n) is 16.1. The molecular weight excluding hydrogens is 426 g/mol. The number of carboxylic acid groups (broad SMARTS) is 1. The fraction of sp³-hybridized carbons (Fsp3) is 0.286. The van der Waals surface area contributed by atoms with E-state index in [1.807, 2.05) is 0 Å². The predicted octanol–water partition coefficient (Wildman–Crippen LogP) is 5.40. The molecule has 0 saturated carbocycles. The minimum atomic E-state index is -4.64. The van der Waals surface area contributed by atoms with Gasteiger partial charge in [0.25, 0.3) is 0 Å². The molecule has 1 N–H and O–H groups in total. The lowest BCUT2D eigenvalue weighted by molar-refractivity contribution is -0.142. The van der Waals surface area contributed by atoms with E-state index < -0.39 is 35.4 Å². The summed E-state index contributed by atoms with van der Waals surface area (Å²) < 4.78 is 81.1. The molecule has 1 aliphatic heterocycles. The smallest absolute Gasteiger partial charge is 0.416 e. The van der Waals surface area contributed by atoms with E-state index in [9.17, 15) is 31.1 Å². The van der Waals surface area contributed by atoms with Gasteiger partial charge in [-0.15, -0.1) is 0 Å². The van der Waals surface area contributed by atoms with Crippen LogP contribution in [-0.2, 0) is 24.2 Å². The topological polar surface area (TPSA) is 45.5 Å². The molecule has 0 unspecified atom stereocenters. The minimum absolute atomic E-state index is 0.0839. The van der Waals surface area contributed by atoms with Crippen LogP contribution in [0.15, 0.2) is 42.6 Å². The molecule has 31 heavy (non-hydrogen) atoms. The Morgan fingerprint density at radius 2 is 1.61 bits per heavy atom. The number of aliphatic carboxylic acids is 1. The summed E-state index contributed by atoms with van der Waals surface area (Å²) in [6.45, 7) is 0.168. The first kappa shape index (κ1) is 21.1. The molecule has 1 aliphatic rings. The first-order valence-electron chi connectivity index (χ1n) is 9.21. The summed E-state index contributed by atoms with van der Waals surface area (Å²) in [5, 5.41) is 9.41. The van der Waals surface area contributed by atoms with E-state index in [1.54, 1.807) is 0 Å². The van der Waals surface area contributed by atoms with Crippen LogP contribution in [-0.4, -0.2) is 28.7 Å². The molecule has 4 nitrogen and oxygen atoms in total. The van der Waals surface area contributed by atoms with Crippen molar-refractivity contribution in [2.75, 3.05) is 18.0 Å². The molecule has 0 bridgehead atoms. The van der Waals surface area contributed by atoms with E-state index in [0.717, 1.165) is 24.3 Å². The largest absolute Gasteiger partial charge is 0.481 e. The maximum absolute atomic E-state index is 13.5. The Labute approximate surface area is 172 Å². The maximum atomic E-state index is 13.5. The Morgan fingerprint density at radius 3 is 2.19 bits per heavy atom. The Balaban J connectivity index is 1.83. The van der Waals surface area contributed by atoms with Gasteiger partial charge in [0, 0.05) is 48.5 Å². The molecule has 10 heteroatoms. The van der Waals surface area contributed by atoms with E-state index in [0.29, 0.717) is 10.9 Å².